The van der Waals surface area contributed by atoms with Crippen LogP contribution >= 0.6 is 11.6 Å². The highest BCUT2D eigenvalue weighted by Gasteiger charge is 2.10. The third kappa shape index (κ3) is 3.70. The molecule has 4 heteroatoms. The van der Waals surface area contributed by atoms with Gasteiger partial charge in [-0.2, -0.15) is 0 Å². The third-order valence-electron chi connectivity index (χ3n) is 2.18. The van der Waals surface area contributed by atoms with Crippen molar-refractivity contribution in [3.05, 3.63) is 28.8 Å². The van der Waals surface area contributed by atoms with Crippen LogP contribution < -0.4 is 5.32 Å². The fraction of sp³-hybridized carbons (Fsp3) is 0.455. The van der Waals surface area contributed by atoms with E-state index in [1.54, 1.807) is 25.1 Å². The summed E-state index contributed by atoms with van der Waals surface area (Å²) in [6.07, 6.45) is -0.409. The molecule has 0 aliphatic heterocycles. The first-order valence-electron chi connectivity index (χ1n) is 4.90. The lowest BCUT2D eigenvalue weighted by Crippen LogP contribution is -2.27. The van der Waals surface area contributed by atoms with E-state index in [4.69, 9.17) is 16.7 Å². The molecule has 0 aliphatic rings. The Morgan fingerprint density at radius 3 is 2.67 bits per heavy atom. The zero-order chi connectivity index (χ0) is 11.4. The number of rotatable bonds is 4. The van der Waals surface area contributed by atoms with Crippen LogP contribution in [0.25, 0.3) is 0 Å². The van der Waals surface area contributed by atoms with Crippen LogP contribution in [0.4, 0.5) is 0 Å². The SMILES string of the molecule is CC(NC[C@H](C)O)c1cc(Cl)ccc1O. The van der Waals surface area contributed by atoms with Crippen LogP contribution in [0.3, 0.4) is 0 Å². The standard InChI is InChI=1S/C11H16ClNO2/c1-7(14)6-13-8(2)10-5-9(12)3-4-11(10)15/h3-5,7-8,13-15H,6H2,1-2H3/t7-,8?/m0/s1. The summed E-state index contributed by atoms with van der Waals surface area (Å²) in [5, 5.41) is 22.4. The number of nitrogens with one attached hydrogen (secondary N) is 1. The van der Waals surface area contributed by atoms with E-state index in [1.807, 2.05) is 6.92 Å². The van der Waals surface area contributed by atoms with Gasteiger partial charge in [-0.1, -0.05) is 11.6 Å². The Morgan fingerprint density at radius 2 is 2.07 bits per heavy atom. The van der Waals surface area contributed by atoms with Gasteiger partial charge in [0.25, 0.3) is 0 Å². The van der Waals surface area contributed by atoms with Crippen LogP contribution in [0.2, 0.25) is 5.02 Å². The molecule has 84 valence electrons. The molecule has 0 aromatic heterocycles. The summed E-state index contributed by atoms with van der Waals surface area (Å²) < 4.78 is 0. The number of aliphatic hydroxyl groups is 1. The van der Waals surface area contributed by atoms with Gasteiger partial charge in [-0.15, -0.1) is 0 Å². The van der Waals surface area contributed by atoms with Crippen molar-refractivity contribution in [3.63, 3.8) is 0 Å². The smallest absolute Gasteiger partial charge is 0.120 e. The van der Waals surface area contributed by atoms with Crippen LogP contribution in [0.15, 0.2) is 18.2 Å². The lowest BCUT2D eigenvalue weighted by Gasteiger charge is -2.16. The van der Waals surface area contributed by atoms with E-state index in [2.05, 4.69) is 5.32 Å². The summed E-state index contributed by atoms with van der Waals surface area (Å²) in [5.74, 6) is 0.213. The number of benzene rings is 1. The second-order valence-corrected chi connectivity index (χ2v) is 4.12. The summed E-state index contributed by atoms with van der Waals surface area (Å²) in [5.41, 5.74) is 0.739. The number of hydrogen-bond donors (Lipinski definition) is 3. The van der Waals surface area contributed by atoms with E-state index in [1.165, 1.54) is 0 Å². The third-order valence-corrected chi connectivity index (χ3v) is 2.41. The summed E-state index contributed by atoms with van der Waals surface area (Å²) in [7, 11) is 0. The molecule has 2 atom stereocenters. The van der Waals surface area contributed by atoms with Crippen molar-refractivity contribution in [2.45, 2.75) is 26.0 Å². The van der Waals surface area contributed by atoms with Crippen molar-refractivity contribution in [2.75, 3.05) is 6.54 Å². The van der Waals surface area contributed by atoms with Gasteiger partial charge in [0.15, 0.2) is 0 Å². The zero-order valence-electron chi connectivity index (χ0n) is 8.87. The van der Waals surface area contributed by atoms with Crippen molar-refractivity contribution in [2.24, 2.45) is 0 Å². The molecule has 3 nitrogen and oxygen atoms in total. The minimum atomic E-state index is -0.409. The summed E-state index contributed by atoms with van der Waals surface area (Å²) in [4.78, 5) is 0. The van der Waals surface area contributed by atoms with E-state index in [0.717, 1.165) is 5.56 Å². The molecule has 0 saturated heterocycles. The van der Waals surface area contributed by atoms with E-state index in [9.17, 15) is 5.11 Å². The van der Waals surface area contributed by atoms with Gasteiger partial charge >= 0.3 is 0 Å². The summed E-state index contributed by atoms with van der Waals surface area (Å²) in [6, 6.07) is 4.88. The summed E-state index contributed by atoms with van der Waals surface area (Å²) >= 11 is 5.84. The van der Waals surface area contributed by atoms with Crippen molar-refractivity contribution in [3.8, 4) is 5.75 Å². The molecule has 1 rings (SSSR count). The largest absolute Gasteiger partial charge is 0.508 e. The fourth-order valence-corrected chi connectivity index (χ4v) is 1.51. The second kappa shape index (κ2) is 5.35. The van der Waals surface area contributed by atoms with Crippen molar-refractivity contribution < 1.29 is 10.2 Å². The normalized spacial score (nSPS) is 14.9. The van der Waals surface area contributed by atoms with E-state index >= 15 is 0 Å². The molecule has 0 fully saturated rings. The van der Waals surface area contributed by atoms with Gasteiger partial charge in [-0.25, -0.2) is 0 Å². The molecule has 1 unspecified atom stereocenters. The Hall–Kier alpha value is -0.770. The molecule has 0 heterocycles. The van der Waals surface area contributed by atoms with Gasteiger partial charge in [0.1, 0.15) is 5.75 Å². The Bertz CT molecular complexity index is 328. The first kappa shape index (κ1) is 12.3. The lowest BCUT2D eigenvalue weighted by molar-refractivity contribution is 0.187. The molecule has 0 bridgehead atoms. The molecular weight excluding hydrogens is 214 g/mol. The van der Waals surface area contributed by atoms with Crippen molar-refractivity contribution in [1.29, 1.82) is 0 Å². The van der Waals surface area contributed by atoms with Crippen LogP contribution in [-0.4, -0.2) is 22.9 Å². The highest BCUT2D eigenvalue weighted by atomic mass is 35.5. The Labute approximate surface area is 94.7 Å². The predicted octanol–water partition coefficient (Wildman–Crippen LogP) is 2.08. The van der Waals surface area contributed by atoms with E-state index in [-0.39, 0.29) is 11.8 Å². The average molecular weight is 230 g/mol. The average Bonchev–Trinajstić information content (AvgIpc) is 2.18. The van der Waals surface area contributed by atoms with Crippen LogP contribution in [0.1, 0.15) is 25.5 Å². The monoisotopic (exact) mass is 229 g/mol. The minimum Gasteiger partial charge on any atom is -0.508 e. The fourth-order valence-electron chi connectivity index (χ4n) is 1.33. The number of halogens is 1. The van der Waals surface area contributed by atoms with E-state index in [0.29, 0.717) is 11.6 Å². The number of aromatic hydroxyl groups is 1. The minimum absolute atomic E-state index is 0.0432. The van der Waals surface area contributed by atoms with Gasteiger partial charge in [0, 0.05) is 23.2 Å². The van der Waals surface area contributed by atoms with Gasteiger partial charge < -0.3 is 15.5 Å². The molecule has 15 heavy (non-hydrogen) atoms. The molecule has 0 spiro atoms. The highest BCUT2D eigenvalue weighted by Crippen LogP contribution is 2.26. The molecule has 0 amide bonds. The number of phenols is 1. The topological polar surface area (TPSA) is 52.5 Å². The Morgan fingerprint density at radius 1 is 1.40 bits per heavy atom. The van der Waals surface area contributed by atoms with Crippen molar-refractivity contribution >= 4 is 11.6 Å². The predicted molar refractivity (Wildman–Crippen MR) is 61.2 cm³/mol. The quantitative estimate of drug-likeness (QED) is 0.741. The lowest BCUT2D eigenvalue weighted by atomic mass is 10.1. The first-order chi connectivity index (χ1) is 7.00. The second-order valence-electron chi connectivity index (χ2n) is 3.68. The van der Waals surface area contributed by atoms with Gasteiger partial charge in [-0.05, 0) is 32.0 Å². The molecule has 0 aliphatic carbocycles. The van der Waals surface area contributed by atoms with Gasteiger partial charge in [-0.3, -0.25) is 0 Å². The van der Waals surface area contributed by atoms with Gasteiger partial charge in [0.05, 0.1) is 6.10 Å². The first-order valence-corrected chi connectivity index (χ1v) is 5.28. The van der Waals surface area contributed by atoms with E-state index < -0.39 is 6.10 Å². The highest BCUT2D eigenvalue weighted by molar-refractivity contribution is 6.30. The molecule has 1 aromatic carbocycles. The van der Waals surface area contributed by atoms with Crippen LogP contribution in [0, 0.1) is 0 Å². The number of aliphatic hydroxyl groups excluding tert-OH is 1. The maximum atomic E-state index is 9.61. The summed E-state index contributed by atoms with van der Waals surface area (Å²) in [6.45, 7) is 4.10. The Balaban J connectivity index is 2.72. The molecule has 1 aromatic rings. The van der Waals surface area contributed by atoms with Crippen LogP contribution in [-0.2, 0) is 0 Å². The zero-order valence-corrected chi connectivity index (χ0v) is 9.62. The maximum absolute atomic E-state index is 9.61. The van der Waals surface area contributed by atoms with Gasteiger partial charge in [0.2, 0.25) is 0 Å². The number of phenolic OH excluding ortho intramolecular Hbond substituents is 1. The Kier molecular flexibility index (Phi) is 4.39. The van der Waals surface area contributed by atoms with Crippen LogP contribution in [0.5, 0.6) is 5.75 Å². The molecular formula is C11H16ClNO2. The molecule has 0 radical (unpaired) electrons. The maximum Gasteiger partial charge on any atom is 0.120 e. The molecule has 0 saturated carbocycles. The van der Waals surface area contributed by atoms with Crippen molar-refractivity contribution in [1.82, 2.24) is 5.32 Å². The number of hydrogen-bond acceptors (Lipinski definition) is 3. The molecule has 3 N–H and O–H groups in total.